The molecule has 0 N–H and O–H groups in total. The van der Waals surface area contributed by atoms with Crippen molar-refractivity contribution in [1.82, 2.24) is 5.16 Å². The summed E-state index contributed by atoms with van der Waals surface area (Å²) < 4.78 is 4.39. The monoisotopic (exact) mass is 212 g/mol. The zero-order valence-corrected chi connectivity index (χ0v) is 7.91. The van der Waals surface area contributed by atoms with E-state index in [9.17, 15) is 5.21 Å². The Hall–Kier alpha value is -2.86. The Kier molecular flexibility index (Phi) is 2.25. The highest BCUT2D eigenvalue weighted by molar-refractivity contribution is 5.75. The molecule has 0 saturated carbocycles. The van der Waals surface area contributed by atoms with E-state index in [1.807, 2.05) is 0 Å². The van der Waals surface area contributed by atoms with Crippen LogP contribution in [0.3, 0.4) is 0 Å². The molecule has 0 aliphatic rings. The van der Waals surface area contributed by atoms with Gasteiger partial charge < -0.3 is 5.21 Å². The van der Waals surface area contributed by atoms with Gasteiger partial charge in [-0.25, -0.2) is 0 Å². The first-order chi connectivity index (χ1) is 7.74. The second-order valence-corrected chi connectivity index (χ2v) is 2.96. The van der Waals surface area contributed by atoms with E-state index in [0.29, 0.717) is 21.5 Å². The standard InChI is InChI=1S/C10H4N4O2/c11-5-8(6-12)3-7-1-2-10-9(4-7)13-16-14(10)15/h1-4H. The predicted molar refractivity (Wildman–Crippen MR) is 52.2 cm³/mol. The summed E-state index contributed by atoms with van der Waals surface area (Å²) in [5, 5.41) is 31.7. The van der Waals surface area contributed by atoms with Gasteiger partial charge >= 0.3 is 0 Å². The first-order valence-corrected chi connectivity index (χ1v) is 4.26. The second kappa shape index (κ2) is 3.71. The molecule has 0 fully saturated rings. The van der Waals surface area contributed by atoms with E-state index < -0.39 is 0 Å². The molecule has 0 bridgehead atoms. The number of allylic oxidation sites excluding steroid dienone is 1. The number of hydrogen-bond acceptors (Lipinski definition) is 5. The minimum atomic E-state index is -0.0159. The fourth-order valence-electron chi connectivity index (χ4n) is 1.24. The van der Waals surface area contributed by atoms with Crippen LogP contribution in [0.1, 0.15) is 5.56 Å². The SMILES string of the molecule is N#CC(C#N)=Cc1ccc2c(c1)no[n+]2[O-]. The number of fused-ring (bicyclic) bond motifs is 1. The molecule has 0 atom stereocenters. The van der Waals surface area contributed by atoms with Gasteiger partial charge in [0.15, 0.2) is 0 Å². The molecule has 0 amide bonds. The fraction of sp³-hybridized carbons (Fsp3) is 0. The molecular formula is C10H4N4O2. The number of aromatic nitrogens is 2. The van der Waals surface area contributed by atoms with Crippen LogP contribution in [0.25, 0.3) is 17.1 Å². The zero-order chi connectivity index (χ0) is 11.5. The molecule has 76 valence electrons. The van der Waals surface area contributed by atoms with Crippen LogP contribution in [0.15, 0.2) is 28.4 Å². The third-order valence-electron chi connectivity index (χ3n) is 1.96. The average Bonchev–Trinajstić information content (AvgIpc) is 2.68. The quantitative estimate of drug-likeness (QED) is 0.516. The summed E-state index contributed by atoms with van der Waals surface area (Å²) in [6, 6.07) is 8.15. The zero-order valence-electron chi connectivity index (χ0n) is 7.91. The predicted octanol–water partition coefficient (Wildman–Crippen LogP) is 0.892. The van der Waals surface area contributed by atoms with Crippen LogP contribution >= 0.6 is 0 Å². The van der Waals surface area contributed by atoms with Gasteiger partial charge in [-0.05, 0) is 22.6 Å². The van der Waals surface area contributed by atoms with Crippen molar-refractivity contribution in [2.75, 3.05) is 0 Å². The van der Waals surface area contributed by atoms with Gasteiger partial charge in [-0.1, -0.05) is 6.07 Å². The van der Waals surface area contributed by atoms with Gasteiger partial charge in [0.1, 0.15) is 17.7 Å². The molecule has 0 saturated heterocycles. The average molecular weight is 212 g/mol. The summed E-state index contributed by atoms with van der Waals surface area (Å²) in [6.45, 7) is 0. The Morgan fingerprint density at radius 2 is 2.19 bits per heavy atom. The summed E-state index contributed by atoms with van der Waals surface area (Å²) >= 11 is 0. The number of nitrogens with zero attached hydrogens (tertiary/aromatic N) is 4. The summed E-state index contributed by atoms with van der Waals surface area (Å²) in [5.74, 6) is 0. The molecule has 1 aromatic heterocycles. The fourth-order valence-corrected chi connectivity index (χ4v) is 1.24. The molecule has 1 heterocycles. The lowest BCUT2D eigenvalue weighted by Gasteiger charge is -1.90. The second-order valence-electron chi connectivity index (χ2n) is 2.96. The van der Waals surface area contributed by atoms with Crippen molar-refractivity contribution in [2.45, 2.75) is 0 Å². The molecule has 16 heavy (non-hydrogen) atoms. The van der Waals surface area contributed by atoms with E-state index in [-0.39, 0.29) is 5.57 Å². The normalized spacial score (nSPS) is 9.38. The van der Waals surface area contributed by atoms with Crippen LogP contribution in [0, 0.1) is 27.9 Å². The molecular weight excluding hydrogens is 208 g/mol. The van der Waals surface area contributed by atoms with Gasteiger partial charge in [0, 0.05) is 11.2 Å². The van der Waals surface area contributed by atoms with E-state index in [2.05, 4.69) is 9.79 Å². The molecule has 0 unspecified atom stereocenters. The minimum Gasteiger partial charge on any atom is -0.359 e. The highest BCUT2D eigenvalue weighted by Gasteiger charge is 2.08. The molecule has 0 spiro atoms. The van der Waals surface area contributed by atoms with Gasteiger partial charge in [-0.15, -0.1) is 0 Å². The van der Waals surface area contributed by atoms with Gasteiger partial charge in [0.25, 0.3) is 0 Å². The summed E-state index contributed by atoms with van der Waals surface area (Å²) in [7, 11) is 0. The lowest BCUT2D eigenvalue weighted by atomic mass is 10.1. The molecule has 2 rings (SSSR count). The highest BCUT2D eigenvalue weighted by atomic mass is 16.8. The molecule has 1 aromatic carbocycles. The maximum absolute atomic E-state index is 11.0. The van der Waals surface area contributed by atoms with Crippen molar-refractivity contribution >= 4 is 17.1 Å². The third kappa shape index (κ3) is 1.56. The number of rotatable bonds is 1. The van der Waals surface area contributed by atoms with E-state index in [0.717, 1.165) is 0 Å². The first kappa shape index (κ1) is 9.69. The van der Waals surface area contributed by atoms with Gasteiger partial charge in [0.05, 0.1) is 0 Å². The smallest absolute Gasteiger partial charge is 0.249 e. The van der Waals surface area contributed by atoms with Crippen LogP contribution < -0.4 is 4.90 Å². The summed E-state index contributed by atoms with van der Waals surface area (Å²) in [4.78, 5) is 0.290. The Morgan fingerprint density at radius 3 is 2.88 bits per heavy atom. The van der Waals surface area contributed by atoms with E-state index in [4.69, 9.17) is 10.5 Å². The van der Waals surface area contributed by atoms with Crippen molar-refractivity contribution in [1.29, 1.82) is 10.5 Å². The molecule has 2 aromatic rings. The van der Waals surface area contributed by atoms with Crippen molar-refractivity contribution in [3.05, 3.63) is 34.5 Å². The first-order valence-electron chi connectivity index (χ1n) is 4.26. The maximum atomic E-state index is 11.0. The topological polar surface area (TPSA) is 101 Å². The van der Waals surface area contributed by atoms with Crippen LogP contribution in [-0.2, 0) is 0 Å². The Balaban J connectivity index is 2.54. The molecule has 6 heteroatoms. The van der Waals surface area contributed by atoms with Crippen LogP contribution in [-0.4, -0.2) is 5.16 Å². The lowest BCUT2D eigenvalue weighted by molar-refractivity contribution is -0.782. The molecule has 6 nitrogen and oxygen atoms in total. The minimum absolute atomic E-state index is 0.0159. The highest BCUT2D eigenvalue weighted by Crippen LogP contribution is 2.13. The Bertz CT molecular complexity index is 641. The largest absolute Gasteiger partial charge is 0.359 e. The van der Waals surface area contributed by atoms with Crippen molar-refractivity contribution in [3.63, 3.8) is 0 Å². The van der Waals surface area contributed by atoms with Crippen LogP contribution in [0.5, 0.6) is 0 Å². The summed E-state index contributed by atoms with van der Waals surface area (Å²) in [6.07, 6.45) is 1.41. The number of benzene rings is 1. The summed E-state index contributed by atoms with van der Waals surface area (Å²) in [5.41, 5.74) is 1.27. The number of nitriles is 2. The molecule has 0 aliphatic heterocycles. The van der Waals surface area contributed by atoms with Crippen molar-refractivity contribution in [3.8, 4) is 12.1 Å². The molecule has 0 aliphatic carbocycles. The Labute approximate surface area is 89.8 Å². The third-order valence-corrected chi connectivity index (χ3v) is 1.96. The van der Waals surface area contributed by atoms with Crippen molar-refractivity contribution in [2.24, 2.45) is 0 Å². The van der Waals surface area contributed by atoms with Crippen LogP contribution in [0.2, 0.25) is 0 Å². The Morgan fingerprint density at radius 1 is 1.44 bits per heavy atom. The van der Waals surface area contributed by atoms with E-state index in [1.165, 1.54) is 12.1 Å². The van der Waals surface area contributed by atoms with Gasteiger partial charge in [-0.3, -0.25) is 4.63 Å². The van der Waals surface area contributed by atoms with Gasteiger partial charge in [-0.2, -0.15) is 10.5 Å². The van der Waals surface area contributed by atoms with Gasteiger partial charge in [0.2, 0.25) is 11.0 Å². The van der Waals surface area contributed by atoms with E-state index >= 15 is 0 Å². The lowest BCUT2D eigenvalue weighted by Crippen LogP contribution is -2.22. The number of hydrogen-bond donors (Lipinski definition) is 0. The van der Waals surface area contributed by atoms with Crippen LogP contribution in [0.4, 0.5) is 0 Å². The van der Waals surface area contributed by atoms with Crippen molar-refractivity contribution < 1.29 is 9.53 Å². The maximum Gasteiger partial charge on any atom is 0.249 e. The molecule has 0 radical (unpaired) electrons. The van der Waals surface area contributed by atoms with E-state index in [1.54, 1.807) is 24.3 Å².